The van der Waals surface area contributed by atoms with Crippen LogP contribution in [-0.2, 0) is 0 Å². The molecule has 1 aliphatic heterocycles. The number of aryl methyl sites for hydroxylation is 1. The molecule has 3 heterocycles. The summed E-state index contributed by atoms with van der Waals surface area (Å²) in [4.78, 5) is 18.9. The lowest BCUT2D eigenvalue weighted by Gasteiger charge is -2.32. The van der Waals surface area contributed by atoms with Gasteiger partial charge in [0, 0.05) is 36.7 Å². The Morgan fingerprint density at radius 1 is 1.17 bits per heavy atom. The molecule has 0 radical (unpaired) electrons. The van der Waals surface area contributed by atoms with Crippen molar-refractivity contribution in [2.45, 2.75) is 26.7 Å². The maximum absolute atomic E-state index is 9.15. The minimum absolute atomic E-state index is 0.388. The van der Waals surface area contributed by atoms with E-state index in [2.05, 4.69) is 30.9 Å². The Labute approximate surface area is 141 Å². The fourth-order valence-electron chi connectivity index (χ4n) is 2.81. The lowest BCUT2D eigenvalue weighted by molar-refractivity contribution is 0.214. The lowest BCUT2D eigenvalue weighted by atomic mass is 9.97. The molecule has 0 saturated carbocycles. The standard InChI is InChI=1S/C17H20N6O/c1-12-13(2)21-11-22-17(12)24-10-14-3-7-23(8-4-14)16-15(9-18)19-5-6-20-16/h5-6,11,14H,3-4,7-8,10H2,1-2H3. The molecule has 1 aliphatic rings. The van der Waals surface area contributed by atoms with Crippen LogP contribution in [0, 0.1) is 31.1 Å². The van der Waals surface area contributed by atoms with Crippen molar-refractivity contribution in [3.63, 3.8) is 0 Å². The van der Waals surface area contributed by atoms with Gasteiger partial charge in [0.1, 0.15) is 12.4 Å². The van der Waals surface area contributed by atoms with Crippen LogP contribution < -0.4 is 9.64 Å². The molecule has 0 aliphatic carbocycles. The average Bonchev–Trinajstić information content (AvgIpc) is 2.63. The molecule has 124 valence electrons. The third-order valence-corrected chi connectivity index (χ3v) is 4.44. The largest absolute Gasteiger partial charge is 0.477 e. The number of nitrogens with zero attached hydrogens (tertiary/aromatic N) is 6. The normalized spacial score (nSPS) is 15.1. The molecule has 1 fully saturated rings. The monoisotopic (exact) mass is 324 g/mol. The predicted octanol–water partition coefficient (Wildman–Crippen LogP) is 2.05. The van der Waals surface area contributed by atoms with Crippen LogP contribution in [0.25, 0.3) is 0 Å². The van der Waals surface area contributed by atoms with Crippen LogP contribution in [-0.4, -0.2) is 39.6 Å². The van der Waals surface area contributed by atoms with Crippen molar-refractivity contribution in [1.82, 2.24) is 19.9 Å². The second-order valence-electron chi connectivity index (χ2n) is 5.97. The summed E-state index contributed by atoms with van der Waals surface area (Å²) in [6.07, 6.45) is 6.70. The smallest absolute Gasteiger partial charge is 0.219 e. The molecule has 0 N–H and O–H groups in total. The first-order valence-corrected chi connectivity index (χ1v) is 8.06. The highest BCUT2D eigenvalue weighted by Crippen LogP contribution is 2.24. The number of nitriles is 1. The quantitative estimate of drug-likeness (QED) is 0.850. The molecule has 0 spiro atoms. The van der Waals surface area contributed by atoms with Crippen LogP contribution in [0.5, 0.6) is 5.88 Å². The van der Waals surface area contributed by atoms with Gasteiger partial charge in [0.25, 0.3) is 0 Å². The van der Waals surface area contributed by atoms with Crippen molar-refractivity contribution < 1.29 is 4.74 Å². The summed E-state index contributed by atoms with van der Waals surface area (Å²) in [5.74, 6) is 1.82. The highest BCUT2D eigenvalue weighted by atomic mass is 16.5. The molecule has 0 unspecified atom stereocenters. The van der Waals surface area contributed by atoms with Crippen molar-refractivity contribution in [3.05, 3.63) is 35.7 Å². The zero-order valence-electron chi connectivity index (χ0n) is 13.9. The second kappa shape index (κ2) is 7.21. The first-order chi connectivity index (χ1) is 11.7. The van der Waals surface area contributed by atoms with Crippen molar-refractivity contribution >= 4 is 5.82 Å². The minimum atomic E-state index is 0.388. The number of hydrogen-bond donors (Lipinski definition) is 0. The molecule has 1 saturated heterocycles. The van der Waals surface area contributed by atoms with Crippen LogP contribution in [0.4, 0.5) is 5.82 Å². The Kier molecular flexibility index (Phi) is 4.85. The van der Waals surface area contributed by atoms with Gasteiger partial charge < -0.3 is 9.64 Å². The molecule has 24 heavy (non-hydrogen) atoms. The van der Waals surface area contributed by atoms with Gasteiger partial charge in [-0.3, -0.25) is 0 Å². The zero-order chi connectivity index (χ0) is 16.9. The number of anilines is 1. The summed E-state index contributed by atoms with van der Waals surface area (Å²) < 4.78 is 5.89. The number of aromatic nitrogens is 4. The maximum Gasteiger partial charge on any atom is 0.219 e. The summed E-state index contributed by atoms with van der Waals surface area (Å²) >= 11 is 0. The highest BCUT2D eigenvalue weighted by Gasteiger charge is 2.23. The van der Waals surface area contributed by atoms with E-state index < -0.39 is 0 Å². The molecule has 0 bridgehead atoms. The van der Waals surface area contributed by atoms with E-state index in [0.29, 0.717) is 29.9 Å². The average molecular weight is 324 g/mol. The Morgan fingerprint density at radius 2 is 1.92 bits per heavy atom. The Hall–Kier alpha value is -2.75. The van der Waals surface area contributed by atoms with Crippen LogP contribution in [0.2, 0.25) is 0 Å². The van der Waals surface area contributed by atoms with Gasteiger partial charge >= 0.3 is 0 Å². The Balaban J connectivity index is 1.56. The minimum Gasteiger partial charge on any atom is -0.477 e. The van der Waals surface area contributed by atoms with E-state index in [1.807, 2.05) is 13.8 Å². The first-order valence-electron chi connectivity index (χ1n) is 8.06. The SMILES string of the molecule is Cc1ncnc(OCC2CCN(c3nccnc3C#N)CC2)c1C. The lowest BCUT2D eigenvalue weighted by Crippen LogP contribution is -2.36. The van der Waals surface area contributed by atoms with Crippen molar-refractivity contribution in [1.29, 1.82) is 5.26 Å². The molecule has 0 aromatic carbocycles. The van der Waals surface area contributed by atoms with E-state index >= 15 is 0 Å². The van der Waals surface area contributed by atoms with Crippen molar-refractivity contribution in [2.75, 3.05) is 24.6 Å². The van der Waals surface area contributed by atoms with Gasteiger partial charge in [0.05, 0.1) is 6.61 Å². The van der Waals surface area contributed by atoms with Crippen molar-refractivity contribution in [2.24, 2.45) is 5.92 Å². The maximum atomic E-state index is 9.15. The van der Waals surface area contributed by atoms with Crippen LogP contribution >= 0.6 is 0 Å². The van der Waals surface area contributed by atoms with Gasteiger partial charge in [0.2, 0.25) is 5.88 Å². The van der Waals surface area contributed by atoms with E-state index in [4.69, 9.17) is 10.00 Å². The summed E-state index contributed by atoms with van der Waals surface area (Å²) in [7, 11) is 0. The Morgan fingerprint density at radius 3 is 2.67 bits per heavy atom. The molecular formula is C17H20N6O. The summed E-state index contributed by atoms with van der Waals surface area (Å²) in [5.41, 5.74) is 2.33. The van der Waals surface area contributed by atoms with Gasteiger partial charge in [-0.2, -0.15) is 5.26 Å². The van der Waals surface area contributed by atoms with E-state index in [9.17, 15) is 0 Å². The number of rotatable bonds is 4. The van der Waals surface area contributed by atoms with E-state index in [0.717, 1.165) is 37.2 Å². The van der Waals surface area contributed by atoms with E-state index in [1.165, 1.54) is 6.33 Å². The fraction of sp³-hybridized carbons (Fsp3) is 0.471. The third-order valence-electron chi connectivity index (χ3n) is 4.44. The second-order valence-corrected chi connectivity index (χ2v) is 5.97. The van der Waals surface area contributed by atoms with E-state index in [-0.39, 0.29) is 0 Å². The number of piperidine rings is 1. The van der Waals surface area contributed by atoms with Gasteiger partial charge in [-0.25, -0.2) is 19.9 Å². The van der Waals surface area contributed by atoms with Crippen LogP contribution in [0.3, 0.4) is 0 Å². The predicted molar refractivity (Wildman–Crippen MR) is 88.7 cm³/mol. The number of hydrogen-bond acceptors (Lipinski definition) is 7. The summed E-state index contributed by atoms with van der Waals surface area (Å²) in [6.45, 7) is 6.28. The van der Waals surface area contributed by atoms with Gasteiger partial charge in [-0.05, 0) is 32.6 Å². The van der Waals surface area contributed by atoms with Gasteiger partial charge in [-0.15, -0.1) is 0 Å². The van der Waals surface area contributed by atoms with Gasteiger partial charge in [0.15, 0.2) is 11.5 Å². The Bertz CT molecular complexity index is 749. The van der Waals surface area contributed by atoms with Crippen molar-refractivity contribution in [3.8, 4) is 11.9 Å². The van der Waals surface area contributed by atoms with Crippen LogP contribution in [0.1, 0.15) is 29.8 Å². The zero-order valence-corrected chi connectivity index (χ0v) is 13.9. The fourth-order valence-corrected chi connectivity index (χ4v) is 2.81. The highest BCUT2D eigenvalue weighted by molar-refractivity contribution is 5.49. The van der Waals surface area contributed by atoms with Gasteiger partial charge in [-0.1, -0.05) is 0 Å². The first kappa shape index (κ1) is 16.1. The molecule has 3 rings (SSSR count). The third kappa shape index (κ3) is 3.43. The summed E-state index contributed by atoms with van der Waals surface area (Å²) in [6, 6.07) is 2.11. The molecule has 7 heteroatoms. The topological polar surface area (TPSA) is 87.8 Å². The molecule has 2 aromatic heterocycles. The van der Waals surface area contributed by atoms with E-state index in [1.54, 1.807) is 12.4 Å². The molecular weight excluding hydrogens is 304 g/mol. The molecule has 0 atom stereocenters. The molecule has 2 aromatic rings. The molecule has 0 amide bonds. The van der Waals surface area contributed by atoms with Crippen LogP contribution in [0.15, 0.2) is 18.7 Å². The summed E-state index contributed by atoms with van der Waals surface area (Å²) in [5, 5.41) is 9.15. The number of ether oxygens (including phenoxy) is 1. The molecule has 7 nitrogen and oxygen atoms in total.